The fourth-order valence-electron chi connectivity index (χ4n) is 8.02. The summed E-state index contributed by atoms with van der Waals surface area (Å²) in [6.07, 6.45) is 9.94. The number of unbranched alkanes of at least 4 members (excludes halogenated alkanes) is 1. The second kappa shape index (κ2) is 13.0. The minimum atomic E-state index is 0.246. The minimum absolute atomic E-state index is 0.246. The maximum Gasteiger partial charge on any atom is 0.188 e. The van der Waals surface area contributed by atoms with Crippen LogP contribution in [0.4, 0.5) is 0 Å². The molecule has 6 atom stereocenters. The van der Waals surface area contributed by atoms with Gasteiger partial charge >= 0.3 is 0 Å². The summed E-state index contributed by atoms with van der Waals surface area (Å²) < 4.78 is 28.5. The molecule has 0 heterocycles. The highest BCUT2D eigenvalue weighted by Gasteiger charge is 2.57. The molecule has 0 aliphatic heterocycles. The third kappa shape index (κ3) is 5.96. The van der Waals surface area contributed by atoms with Gasteiger partial charge in [-0.05, 0) is 103 Å². The molecule has 0 saturated heterocycles. The summed E-state index contributed by atoms with van der Waals surface area (Å²) in [4.78, 5) is 0. The van der Waals surface area contributed by atoms with Crippen molar-refractivity contribution in [3.63, 3.8) is 0 Å². The lowest BCUT2D eigenvalue weighted by Crippen LogP contribution is -2.47. The Balaban J connectivity index is 1.28. The van der Waals surface area contributed by atoms with Gasteiger partial charge in [-0.3, -0.25) is 0 Å². The number of benzene rings is 2. The van der Waals surface area contributed by atoms with Crippen molar-refractivity contribution >= 4 is 0 Å². The van der Waals surface area contributed by atoms with Crippen LogP contribution < -0.4 is 4.74 Å². The molecule has 5 rings (SSSR count). The second-order valence-electron chi connectivity index (χ2n) is 11.9. The van der Waals surface area contributed by atoms with E-state index in [2.05, 4.69) is 55.5 Å². The molecule has 5 heteroatoms. The second-order valence-corrected chi connectivity index (χ2v) is 11.9. The van der Waals surface area contributed by atoms with Crippen molar-refractivity contribution in [1.82, 2.24) is 0 Å². The average Bonchev–Trinajstić information content (AvgIpc) is 3.28. The van der Waals surface area contributed by atoms with Crippen LogP contribution in [0.25, 0.3) is 0 Å². The Kier molecular flexibility index (Phi) is 9.42. The lowest BCUT2D eigenvalue weighted by Gasteiger charge is -2.53. The molecule has 3 aliphatic carbocycles. The zero-order valence-electron chi connectivity index (χ0n) is 23.5. The van der Waals surface area contributed by atoms with Gasteiger partial charge in [0.2, 0.25) is 0 Å². The molecular formula is C33H46O5. The summed E-state index contributed by atoms with van der Waals surface area (Å²) >= 11 is 0. The van der Waals surface area contributed by atoms with Crippen LogP contribution in [0, 0.1) is 23.2 Å². The molecule has 0 spiro atoms. The summed E-state index contributed by atoms with van der Waals surface area (Å²) in [6, 6.07) is 17.3. The van der Waals surface area contributed by atoms with Crippen molar-refractivity contribution in [2.24, 2.45) is 23.2 Å². The van der Waals surface area contributed by atoms with Crippen LogP contribution in [0.2, 0.25) is 0 Å². The van der Waals surface area contributed by atoms with Gasteiger partial charge in [0.1, 0.15) is 12.5 Å². The van der Waals surface area contributed by atoms with Crippen LogP contribution in [0.3, 0.4) is 0 Å². The third-order valence-corrected chi connectivity index (χ3v) is 9.74. The van der Waals surface area contributed by atoms with Crippen LogP contribution in [0.15, 0.2) is 48.5 Å². The summed E-state index contributed by atoms with van der Waals surface area (Å²) in [7, 11) is 3.40. The Morgan fingerprint density at radius 2 is 1.76 bits per heavy atom. The van der Waals surface area contributed by atoms with Gasteiger partial charge in [0.05, 0.1) is 12.7 Å². The topological polar surface area (TPSA) is 46.2 Å². The van der Waals surface area contributed by atoms with Crippen molar-refractivity contribution in [2.45, 2.75) is 76.9 Å². The number of fused-ring (bicyclic) bond motifs is 5. The summed E-state index contributed by atoms with van der Waals surface area (Å²) in [5, 5.41) is 0. The lowest BCUT2D eigenvalue weighted by atomic mass is 9.52. The van der Waals surface area contributed by atoms with Crippen LogP contribution >= 0.6 is 0 Å². The highest BCUT2D eigenvalue weighted by molar-refractivity contribution is 5.41. The van der Waals surface area contributed by atoms with E-state index in [-0.39, 0.29) is 5.41 Å². The van der Waals surface area contributed by atoms with E-state index in [0.29, 0.717) is 50.0 Å². The molecule has 6 unspecified atom stereocenters. The highest BCUT2D eigenvalue weighted by atomic mass is 16.7. The predicted molar refractivity (Wildman–Crippen MR) is 149 cm³/mol. The molecule has 5 nitrogen and oxygen atoms in total. The normalized spacial score (nSPS) is 29.9. The molecule has 2 aromatic rings. The maximum absolute atomic E-state index is 6.26. The zero-order chi connectivity index (χ0) is 26.4. The lowest BCUT2D eigenvalue weighted by molar-refractivity contribution is -0.128. The van der Waals surface area contributed by atoms with Gasteiger partial charge in [-0.2, -0.15) is 0 Å². The molecule has 2 aromatic carbocycles. The number of rotatable bonds is 13. The Morgan fingerprint density at radius 1 is 0.921 bits per heavy atom. The summed E-state index contributed by atoms with van der Waals surface area (Å²) in [5.74, 6) is 3.67. The molecule has 2 saturated carbocycles. The molecule has 0 aromatic heterocycles. The summed E-state index contributed by atoms with van der Waals surface area (Å²) in [6.45, 7) is 4.74. The Labute approximate surface area is 229 Å². The van der Waals surface area contributed by atoms with Gasteiger partial charge in [0.15, 0.2) is 6.79 Å². The van der Waals surface area contributed by atoms with Gasteiger partial charge in [-0.25, -0.2) is 0 Å². The Morgan fingerprint density at radius 3 is 2.58 bits per heavy atom. The smallest absolute Gasteiger partial charge is 0.188 e. The molecular weight excluding hydrogens is 476 g/mol. The van der Waals surface area contributed by atoms with Crippen LogP contribution in [0.1, 0.15) is 74.5 Å². The van der Waals surface area contributed by atoms with E-state index in [9.17, 15) is 0 Å². The van der Waals surface area contributed by atoms with Crippen molar-refractivity contribution in [3.8, 4) is 5.75 Å². The van der Waals surface area contributed by atoms with Gasteiger partial charge < -0.3 is 23.7 Å². The molecule has 2 fully saturated rings. The van der Waals surface area contributed by atoms with E-state index in [4.69, 9.17) is 23.7 Å². The number of ether oxygens (including phenoxy) is 5. The Hall–Kier alpha value is -1.92. The molecule has 0 radical (unpaired) electrons. The quantitative estimate of drug-likeness (QED) is 0.207. The first-order chi connectivity index (χ1) is 18.6. The fourth-order valence-corrected chi connectivity index (χ4v) is 8.02. The molecule has 3 aliphatic rings. The molecule has 38 heavy (non-hydrogen) atoms. The first-order valence-electron chi connectivity index (χ1n) is 14.6. The number of methoxy groups -OCH3 is 2. The average molecular weight is 523 g/mol. The predicted octanol–water partition coefficient (Wildman–Crippen LogP) is 7.13. The van der Waals surface area contributed by atoms with Crippen molar-refractivity contribution in [2.75, 3.05) is 34.4 Å². The fraction of sp³-hybridized carbons (Fsp3) is 0.636. The zero-order valence-corrected chi connectivity index (χ0v) is 23.5. The van der Waals surface area contributed by atoms with E-state index in [1.165, 1.54) is 43.2 Å². The first kappa shape index (κ1) is 27.6. The third-order valence-electron chi connectivity index (χ3n) is 9.74. The standard InChI is InChI=1S/C33H46O5/c1-33-17-16-29-28-13-12-27(37-22-34-2)20-26(28)19-25(32(29)30(33)14-15-31(33)38-23-35-3)11-7-8-18-36-21-24-9-5-4-6-10-24/h4-6,9-10,12-13,20,25,29-32H,7-8,11,14-19,21-23H2,1-3H3. The van der Waals surface area contributed by atoms with E-state index < -0.39 is 0 Å². The van der Waals surface area contributed by atoms with E-state index in [1.54, 1.807) is 19.8 Å². The minimum Gasteiger partial charge on any atom is -0.468 e. The van der Waals surface area contributed by atoms with Crippen molar-refractivity contribution in [3.05, 3.63) is 65.2 Å². The number of hydrogen-bond acceptors (Lipinski definition) is 5. The van der Waals surface area contributed by atoms with E-state index in [0.717, 1.165) is 31.6 Å². The highest BCUT2D eigenvalue weighted by Crippen LogP contribution is 2.63. The summed E-state index contributed by atoms with van der Waals surface area (Å²) in [5.41, 5.74) is 4.54. The SMILES string of the molecule is COCOc1ccc2c(c1)CC(CCCCOCc1ccccc1)C1C2CCC2(C)C(OCOC)CCC12. The molecule has 0 bridgehead atoms. The Bertz CT molecular complexity index is 1010. The van der Waals surface area contributed by atoms with Gasteiger partial charge in [0.25, 0.3) is 0 Å². The van der Waals surface area contributed by atoms with E-state index >= 15 is 0 Å². The molecule has 0 N–H and O–H groups in total. The van der Waals surface area contributed by atoms with Crippen molar-refractivity contribution < 1.29 is 23.7 Å². The molecule has 0 amide bonds. The molecule has 208 valence electrons. The maximum atomic E-state index is 6.26. The van der Waals surface area contributed by atoms with Gasteiger partial charge in [-0.15, -0.1) is 0 Å². The largest absolute Gasteiger partial charge is 0.468 e. The number of hydrogen-bond donors (Lipinski definition) is 0. The van der Waals surface area contributed by atoms with Gasteiger partial charge in [0, 0.05) is 20.8 Å². The van der Waals surface area contributed by atoms with Crippen LogP contribution in [-0.4, -0.2) is 40.5 Å². The van der Waals surface area contributed by atoms with Crippen LogP contribution in [0.5, 0.6) is 5.75 Å². The van der Waals surface area contributed by atoms with Gasteiger partial charge in [-0.1, -0.05) is 49.7 Å². The van der Waals surface area contributed by atoms with E-state index in [1.807, 2.05) is 0 Å². The first-order valence-corrected chi connectivity index (χ1v) is 14.6. The monoisotopic (exact) mass is 522 g/mol. The van der Waals surface area contributed by atoms with Crippen molar-refractivity contribution in [1.29, 1.82) is 0 Å². The van der Waals surface area contributed by atoms with Crippen LogP contribution in [-0.2, 0) is 32.0 Å².